The fourth-order valence-corrected chi connectivity index (χ4v) is 5.15. The van der Waals surface area contributed by atoms with Gasteiger partial charge in [-0.1, -0.05) is 0 Å². The second kappa shape index (κ2) is 6.15. The number of nitrogens with zero attached hydrogens (tertiary/aromatic N) is 4. The topological polar surface area (TPSA) is 41.4 Å². The van der Waals surface area contributed by atoms with Gasteiger partial charge in [-0.25, -0.2) is 4.98 Å². The smallest absolute Gasteiger partial charge is 0.264 e. The number of thiophene rings is 1. The summed E-state index contributed by atoms with van der Waals surface area (Å²) < 4.78 is 1.93. The van der Waals surface area contributed by atoms with Crippen LogP contribution in [0, 0.1) is 0 Å². The summed E-state index contributed by atoms with van der Waals surface area (Å²) in [5, 5.41) is 0.904. The van der Waals surface area contributed by atoms with Crippen LogP contribution in [-0.4, -0.2) is 47.7 Å². The van der Waals surface area contributed by atoms with Crippen molar-refractivity contribution in [3.05, 3.63) is 20.8 Å². The molecule has 4 rings (SSSR count). The molecule has 2 aromatic heterocycles. The van der Waals surface area contributed by atoms with Crippen molar-refractivity contribution in [1.29, 1.82) is 0 Å². The molecule has 0 amide bonds. The summed E-state index contributed by atoms with van der Waals surface area (Å²) in [6.07, 6.45) is 4.59. The summed E-state index contributed by atoms with van der Waals surface area (Å²) in [6.45, 7) is 8.10. The zero-order valence-electron chi connectivity index (χ0n) is 14.8. The highest BCUT2D eigenvalue weighted by Crippen LogP contribution is 2.35. The van der Waals surface area contributed by atoms with E-state index in [0.29, 0.717) is 0 Å². The number of hydrogen-bond donors (Lipinski definition) is 0. The number of likely N-dealkylation sites (N-methyl/N-ethyl adjacent to an activating group) is 1. The summed E-state index contributed by atoms with van der Waals surface area (Å²) in [7, 11) is 2.15. The predicted octanol–water partition coefficient (Wildman–Crippen LogP) is 2.67. The Hall–Kier alpha value is -1.40. The Kier molecular flexibility index (Phi) is 4.12. The maximum absolute atomic E-state index is 13.3. The zero-order valence-corrected chi connectivity index (χ0v) is 15.7. The molecule has 0 atom stereocenters. The van der Waals surface area contributed by atoms with Gasteiger partial charge in [0.1, 0.15) is 4.83 Å². The molecule has 130 valence electrons. The third-order valence-corrected chi connectivity index (χ3v) is 6.49. The van der Waals surface area contributed by atoms with Gasteiger partial charge in [-0.15, -0.1) is 11.3 Å². The minimum Gasteiger partial charge on any atom is -0.340 e. The molecule has 1 saturated heterocycles. The summed E-state index contributed by atoms with van der Waals surface area (Å²) in [5.41, 5.74) is 1.46. The van der Waals surface area contributed by atoms with E-state index in [1.54, 1.807) is 11.3 Å². The fourth-order valence-electron chi connectivity index (χ4n) is 3.90. The Labute approximate surface area is 146 Å². The molecule has 1 aliphatic carbocycles. The molecular weight excluding hydrogens is 320 g/mol. The average molecular weight is 347 g/mol. The van der Waals surface area contributed by atoms with E-state index in [1.165, 1.54) is 23.3 Å². The van der Waals surface area contributed by atoms with Crippen molar-refractivity contribution < 1.29 is 0 Å². The Bertz CT molecular complexity index is 815. The van der Waals surface area contributed by atoms with E-state index in [4.69, 9.17) is 4.98 Å². The molecule has 0 unspecified atom stereocenters. The molecule has 3 heterocycles. The van der Waals surface area contributed by atoms with Crippen molar-refractivity contribution in [2.75, 3.05) is 38.1 Å². The van der Waals surface area contributed by atoms with E-state index in [2.05, 4.69) is 30.7 Å². The van der Waals surface area contributed by atoms with Crippen LogP contribution in [0.1, 0.15) is 43.2 Å². The van der Waals surface area contributed by atoms with Crippen molar-refractivity contribution in [2.24, 2.45) is 0 Å². The summed E-state index contributed by atoms with van der Waals surface area (Å²) in [6, 6.07) is 0.128. The van der Waals surface area contributed by atoms with Crippen molar-refractivity contribution in [1.82, 2.24) is 14.5 Å². The molecule has 0 radical (unpaired) electrons. The van der Waals surface area contributed by atoms with Gasteiger partial charge in [0.25, 0.3) is 5.56 Å². The molecule has 0 N–H and O–H groups in total. The van der Waals surface area contributed by atoms with Gasteiger partial charge < -0.3 is 9.80 Å². The van der Waals surface area contributed by atoms with Gasteiger partial charge >= 0.3 is 0 Å². The maximum atomic E-state index is 13.3. The SMILES string of the molecule is CC(C)n1c(N2CCN(C)CC2)nc2sc3c(c2c1=O)CCCC3. The monoisotopic (exact) mass is 346 g/mol. The maximum Gasteiger partial charge on any atom is 0.264 e. The molecule has 0 bridgehead atoms. The van der Waals surface area contributed by atoms with Crippen LogP contribution in [0.15, 0.2) is 4.79 Å². The highest BCUT2D eigenvalue weighted by molar-refractivity contribution is 7.18. The highest BCUT2D eigenvalue weighted by Gasteiger charge is 2.26. The average Bonchev–Trinajstić information content (AvgIpc) is 2.93. The van der Waals surface area contributed by atoms with Gasteiger partial charge in [-0.3, -0.25) is 9.36 Å². The third kappa shape index (κ3) is 2.56. The third-order valence-electron chi connectivity index (χ3n) is 5.30. The van der Waals surface area contributed by atoms with Gasteiger partial charge in [0.2, 0.25) is 5.95 Å². The Morgan fingerprint density at radius 1 is 1.08 bits per heavy atom. The van der Waals surface area contributed by atoms with Crippen LogP contribution in [0.2, 0.25) is 0 Å². The normalized spacial score (nSPS) is 19.2. The number of hydrogen-bond acceptors (Lipinski definition) is 5. The molecule has 1 fully saturated rings. The second-order valence-electron chi connectivity index (χ2n) is 7.36. The lowest BCUT2D eigenvalue weighted by Gasteiger charge is -2.34. The van der Waals surface area contributed by atoms with E-state index in [-0.39, 0.29) is 11.6 Å². The summed E-state index contributed by atoms with van der Waals surface area (Å²) in [5.74, 6) is 0.870. The quantitative estimate of drug-likeness (QED) is 0.838. The standard InChI is InChI=1S/C18H26N4OS/c1-12(2)22-17(23)15-13-6-4-5-7-14(13)24-16(15)19-18(22)21-10-8-20(3)9-11-21/h12H,4-11H2,1-3H3. The molecule has 0 saturated carbocycles. The van der Waals surface area contributed by atoms with Gasteiger partial charge in [-0.05, 0) is 52.1 Å². The van der Waals surface area contributed by atoms with E-state index in [9.17, 15) is 4.79 Å². The Morgan fingerprint density at radius 3 is 2.50 bits per heavy atom. The lowest BCUT2D eigenvalue weighted by atomic mass is 9.97. The second-order valence-corrected chi connectivity index (χ2v) is 8.45. The molecule has 0 spiro atoms. The van der Waals surface area contributed by atoms with Gasteiger partial charge in [0.15, 0.2) is 0 Å². The first-order valence-electron chi connectivity index (χ1n) is 9.06. The minimum absolute atomic E-state index is 0.128. The molecule has 6 heteroatoms. The first-order chi connectivity index (χ1) is 11.6. The molecular formula is C18H26N4OS. The van der Waals surface area contributed by atoms with Crippen LogP contribution in [0.5, 0.6) is 0 Å². The lowest BCUT2D eigenvalue weighted by molar-refractivity contribution is 0.309. The highest BCUT2D eigenvalue weighted by atomic mass is 32.1. The van der Waals surface area contributed by atoms with Crippen molar-refractivity contribution in [2.45, 2.75) is 45.6 Å². The minimum atomic E-state index is 0.128. The van der Waals surface area contributed by atoms with E-state index in [1.807, 2.05) is 4.57 Å². The predicted molar refractivity (Wildman–Crippen MR) is 101 cm³/mol. The zero-order chi connectivity index (χ0) is 16.8. The van der Waals surface area contributed by atoms with Crippen LogP contribution in [0.25, 0.3) is 10.2 Å². The number of fused-ring (bicyclic) bond motifs is 3. The first-order valence-corrected chi connectivity index (χ1v) is 9.88. The summed E-state index contributed by atoms with van der Waals surface area (Å²) in [4.78, 5) is 25.3. The molecule has 2 aliphatic rings. The first kappa shape index (κ1) is 16.1. The van der Waals surface area contributed by atoms with Gasteiger partial charge in [0, 0.05) is 37.1 Å². The van der Waals surface area contributed by atoms with Gasteiger partial charge in [-0.2, -0.15) is 0 Å². The van der Waals surface area contributed by atoms with E-state index < -0.39 is 0 Å². The Balaban J connectivity index is 1.90. The number of rotatable bonds is 2. The number of aromatic nitrogens is 2. The van der Waals surface area contributed by atoms with Crippen LogP contribution in [-0.2, 0) is 12.8 Å². The summed E-state index contributed by atoms with van der Waals surface area (Å²) >= 11 is 1.75. The van der Waals surface area contributed by atoms with E-state index in [0.717, 1.165) is 55.2 Å². The Morgan fingerprint density at radius 2 is 1.79 bits per heavy atom. The van der Waals surface area contributed by atoms with Crippen molar-refractivity contribution in [3.8, 4) is 0 Å². The fraction of sp³-hybridized carbons (Fsp3) is 0.667. The van der Waals surface area contributed by atoms with Crippen LogP contribution in [0.4, 0.5) is 5.95 Å². The largest absolute Gasteiger partial charge is 0.340 e. The lowest BCUT2D eigenvalue weighted by Crippen LogP contribution is -2.47. The van der Waals surface area contributed by atoms with Crippen LogP contribution in [0.3, 0.4) is 0 Å². The number of aryl methyl sites for hydroxylation is 2. The number of piperazine rings is 1. The van der Waals surface area contributed by atoms with Crippen LogP contribution >= 0.6 is 11.3 Å². The molecule has 24 heavy (non-hydrogen) atoms. The van der Waals surface area contributed by atoms with Crippen molar-refractivity contribution in [3.63, 3.8) is 0 Å². The molecule has 1 aliphatic heterocycles. The van der Waals surface area contributed by atoms with Gasteiger partial charge in [0.05, 0.1) is 5.39 Å². The molecule has 5 nitrogen and oxygen atoms in total. The number of anilines is 1. The molecule has 0 aromatic carbocycles. The molecule has 2 aromatic rings. The van der Waals surface area contributed by atoms with E-state index >= 15 is 0 Å². The van der Waals surface area contributed by atoms with Crippen LogP contribution < -0.4 is 10.5 Å². The van der Waals surface area contributed by atoms with Crippen molar-refractivity contribution >= 4 is 27.5 Å².